The molecule has 1 saturated heterocycles. The molecule has 10 unspecified atom stereocenters. The van der Waals surface area contributed by atoms with Crippen molar-refractivity contribution in [1.82, 2.24) is 10.2 Å². The van der Waals surface area contributed by atoms with E-state index in [2.05, 4.69) is 64.7 Å². The Morgan fingerprint density at radius 1 is 0.984 bits per heavy atom. The van der Waals surface area contributed by atoms with Gasteiger partial charge in [0.05, 0.1) is 5.92 Å². The van der Waals surface area contributed by atoms with Crippen LogP contribution >= 0.6 is 23.4 Å². The van der Waals surface area contributed by atoms with Gasteiger partial charge in [0.15, 0.2) is 0 Å². The van der Waals surface area contributed by atoms with Crippen LogP contribution in [0.25, 0.3) is 0 Å². The monoisotopic (exact) mass is 875 g/mol. The number of hydrogen-bond donors (Lipinski definition) is 2. The summed E-state index contributed by atoms with van der Waals surface area (Å²) in [6.45, 7) is 30.4. The minimum Gasteiger partial charge on any atom is -0.492 e. The number of Topliss-reactive ketones (excluding diaryl/α,β-unsaturated/α-hetero) is 1. The van der Waals surface area contributed by atoms with Gasteiger partial charge in [0, 0.05) is 60.6 Å². The SMILES string of the molecule is C=C1CC2(CCNCc3ccc(Cl)cc3OCCN3CCSCC3)CC[C@]3(C)C(CCC4C5(C)CCC(CC(=O)C6CC(C(=O)O)C6C)C(C)(C)C5CCC43C)C2=C1C(C)C. The zero-order valence-corrected chi connectivity index (χ0v) is 40.7. The van der Waals surface area contributed by atoms with Gasteiger partial charge < -0.3 is 15.2 Å². The van der Waals surface area contributed by atoms with Crippen LogP contribution < -0.4 is 10.1 Å². The van der Waals surface area contributed by atoms with Crippen LogP contribution in [0.2, 0.25) is 5.02 Å². The number of fused-ring (bicyclic) bond motifs is 7. The highest BCUT2D eigenvalue weighted by Gasteiger charge is 2.69. The molecule has 0 bridgehead atoms. The Kier molecular flexibility index (Phi) is 12.9. The van der Waals surface area contributed by atoms with E-state index in [4.69, 9.17) is 22.9 Å². The fourth-order valence-corrected chi connectivity index (χ4v) is 17.3. The number of carboxylic acids is 1. The van der Waals surface area contributed by atoms with E-state index >= 15 is 0 Å². The number of carbonyl (C=O) groups excluding carboxylic acids is 1. The third-order valence-corrected chi connectivity index (χ3v) is 21.0. The molecular weight excluding hydrogens is 796 g/mol. The van der Waals surface area contributed by atoms with Gasteiger partial charge in [-0.05, 0) is 157 Å². The lowest BCUT2D eigenvalue weighted by Crippen LogP contribution is -2.65. The molecule has 6 nitrogen and oxygen atoms in total. The van der Waals surface area contributed by atoms with E-state index in [-0.39, 0.29) is 44.8 Å². The first-order chi connectivity index (χ1) is 28.9. The van der Waals surface area contributed by atoms with Crippen molar-refractivity contribution in [3.63, 3.8) is 0 Å². The van der Waals surface area contributed by atoms with Gasteiger partial charge >= 0.3 is 5.97 Å². The van der Waals surface area contributed by atoms with Gasteiger partial charge in [0.1, 0.15) is 18.1 Å². The first-order valence-electron chi connectivity index (χ1n) is 24.5. The number of nitrogens with zero attached hydrogens (tertiary/aromatic N) is 1. The summed E-state index contributed by atoms with van der Waals surface area (Å²) in [7, 11) is 0. The fraction of sp³-hybridized carbons (Fsp3) is 0.774. The highest BCUT2D eigenvalue weighted by Crippen LogP contribution is 2.78. The van der Waals surface area contributed by atoms with Crippen molar-refractivity contribution in [3.8, 4) is 5.75 Å². The van der Waals surface area contributed by atoms with E-state index in [9.17, 15) is 14.7 Å². The molecule has 6 aliphatic carbocycles. The largest absolute Gasteiger partial charge is 0.492 e. The number of carbonyl (C=O) groups is 2. The minimum atomic E-state index is -0.739. The number of nitrogens with one attached hydrogen (secondary N) is 1. The Morgan fingerprint density at radius 3 is 2.44 bits per heavy atom. The number of rotatable bonds is 14. The van der Waals surface area contributed by atoms with Crippen molar-refractivity contribution in [1.29, 1.82) is 0 Å². The second kappa shape index (κ2) is 17.2. The van der Waals surface area contributed by atoms with E-state index in [1.54, 1.807) is 11.1 Å². The Balaban J connectivity index is 0.961. The average Bonchev–Trinajstić information content (AvgIpc) is 3.50. The normalized spacial score (nSPS) is 39.5. The molecule has 11 atom stereocenters. The first kappa shape index (κ1) is 45.8. The second-order valence-electron chi connectivity index (χ2n) is 23.0. The van der Waals surface area contributed by atoms with Gasteiger partial charge in [0.25, 0.3) is 0 Å². The van der Waals surface area contributed by atoms with Crippen LogP contribution in [-0.4, -0.2) is 66.1 Å². The number of halogens is 1. The predicted octanol–water partition coefficient (Wildman–Crippen LogP) is 12.1. The summed E-state index contributed by atoms with van der Waals surface area (Å²) in [5.74, 6) is 5.18. The molecule has 0 amide bonds. The van der Waals surface area contributed by atoms with Crippen molar-refractivity contribution in [3.05, 3.63) is 52.1 Å². The number of thioether (sulfide) groups is 1. The Labute approximate surface area is 378 Å². The van der Waals surface area contributed by atoms with Crippen molar-refractivity contribution < 1.29 is 19.4 Å². The van der Waals surface area contributed by atoms with Gasteiger partial charge in [-0.25, -0.2) is 0 Å². The Morgan fingerprint density at radius 2 is 1.74 bits per heavy atom. The third-order valence-electron chi connectivity index (χ3n) is 19.8. The van der Waals surface area contributed by atoms with Gasteiger partial charge in [-0.2, -0.15) is 11.8 Å². The van der Waals surface area contributed by atoms with E-state index in [1.165, 1.54) is 67.6 Å². The van der Waals surface area contributed by atoms with Crippen LogP contribution in [0.1, 0.15) is 138 Å². The third kappa shape index (κ3) is 7.83. The predicted molar refractivity (Wildman–Crippen MR) is 252 cm³/mol. The lowest BCUT2D eigenvalue weighted by Gasteiger charge is -2.72. The lowest BCUT2D eigenvalue weighted by molar-refractivity contribution is -0.221. The summed E-state index contributed by atoms with van der Waals surface area (Å²) in [5, 5.41) is 14.2. The summed E-state index contributed by atoms with van der Waals surface area (Å²) in [4.78, 5) is 27.9. The van der Waals surface area contributed by atoms with E-state index in [0.29, 0.717) is 54.8 Å². The molecule has 0 aromatic heterocycles. The molecule has 1 aromatic rings. The summed E-state index contributed by atoms with van der Waals surface area (Å²) in [6.07, 6.45) is 13.4. The van der Waals surface area contributed by atoms with Crippen LogP contribution in [-0.2, 0) is 16.1 Å². The van der Waals surface area contributed by atoms with Crippen LogP contribution in [0.3, 0.4) is 0 Å². The van der Waals surface area contributed by atoms with E-state index in [0.717, 1.165) is 62.8 Å². The number of aliphatic carboxylic acids is 1. The molecule has 1 aromatic carbocycles. The summed E-state index contributed by atoms with van der Waals surface area (Å²) < 4.78 is 6.39. The fourth-order valence-electron chi connectivity index (χ4n) is 16.1. The Bertz CT molecular complexity index is 1890. The van der Waals surface area contributed by atoms with Gasteiger partial charge in [-0.1, -0.05) is 90.8 Å². The van der Waals surface area contributed by atoms with E-state index < -0.39 is 5.97 Å². The van der Waals surface area contributed by atoms with Crippen LogP contribution in [0, 0.1) is 74.4 Å². The van der Waals surface area contributed by atoms with Crippen LogP contribution in [0.4, 0.5) is 0 Å². The molecule has 1 heterocycles. The summed E-state index contributed by atoms with van der Waals surface area (Å²) in [5.41, 5.74) is 7.02. The molecule has 8 heteroatoms. The van der Waals surface area contributed by atoms with Crippen molar-refractivity contribution in [2.45, 2.75) is 139 Å². The van der Waals surface area contributed by atoms with E-state index in [1.807, 2.05) is 30.8 Å². The molecule has 1 aliphatic heterocycles. The standard InChI is InChI=1S/C53H79ClN2O4S/c1-33(2)46-34(3)31-53(20-21-55-32-36-10-11-38(54)29-43(36)60-25-22-56-23-26-61-27-24-56)19-18-51(8)41(47(46)53)12-13-45-50(7)16-14-37(49(5,6)44(50)15-17-52(45,51)9)28-42(57)39-30-40(35(39)4)48(58)59/h10-11,29,33,35,37,39-41,44-45,55H,3,12-28,30-32H2,1-2,4-9H3,(H,58,59)/t35?,37?,39?,40?,41?,44?,45?,50?,51-,52?,53?/m1/s1. The zero-order chi connectivity index (χ0) is 43.7. The highest BCUT2D eigenvalue weighted by atomic mass is 35.5. The summed E-state index contributed by atoms with van der Waals surface area (Å²) >= 11 is 8.54. The molecule has 2 N–H and O–H groups in total. The van der Waals surface area contributed by atoms with Crippen molar-refractivity contribution in [2.75, 3.05) is 44.3 Å². The molecule has 8 rings (SSSR count). The van der Waals surface area contributed by atoms with Crippen molar-refractivity contribution >= 4 is 35.1 Å². The number of benzene rings is 1. The molecule has 61 heavy (non-hydrogen) atoms. The van der Waals surface area contributed by atoms with Crippen LogP contribution in [0.15, 0.2) is 41.5 Å². The van der Waals surface area contributed by atoms with Crippen LogP contribution in [0.5, 0.6) is 5.75 Å². The molecular formula is C53H79ClN2O4S. The minimum absolute atomic E-state index is 0.0386. The quantitative estimate of drug-likeness (QED) is 0.180. The molecule has 7 aliphatic rings. The van der Waals surface area contributed by atoms with Gasteiger partial charge in [-0.3, -0.25) is 14.5 Å². The molecule has 6 fully saturated rings. The average molecular weight is 876 g/mol. The smallest absolute Gasteiger partial charge is 0.306 e. The maximum Gasteiger partial charge on any atom is 0.306 e. The Hall–Kier alpha value is -1.80. The highest BCUT2D eigenvalue weighted by molar-refractivity contribution is 7.99. The first-order valence-corrected chi connectivity index (χ1v) is 26.0. The van der Waals surface area contributed by atoms with Gasteiger partial charge in [-0.15, -0.1) is 0 Å². The molecule has 0 radical (unpaired) electrons. The molecule has 5 saturated carbocycles. The summed E-state index contributed by atoms with van der Waals surface area (Å²) in [6, 6.07) is 6.14. The van der Waals surface area contributed by atoms with Gasteiger partial charge in [0.2, 0.25) is 0 Å². The number of carboxylic acid groups (broad SMARTS) is 1. The topological polar surface area (TPSA) is 78.9 Å². The number of ketones is 1. The van der Waals surface area contributed by atoms with Crippen molar-refractivity contribution in [2.24, 2.45) is 74.4 Å². The zero-order valence-electron chi connectivity index (χ0n) is 39.1. The maximum absolute atomic E-state index is 13.7. The number of hydrogen-bond acceptors (Lipinski definition) is 6. The second-order valence-corrected chi connectivity index (χ2v) is 24.7. The number of allylic oxidation sites excluding steroid dienone is 3. The number of ether oxygens (including phenoxy) is 1. The molecule has 0 spiro atoms. The maximum atomic E-state index is 13.7. The lowest BCUT2D eigenvalue weighted by atomic mass is 9.32. The molecule has 338 valence electrons.